The van der Waals surface area contributed by atoms with Gasteiger partial charge < -0.3 is 4.74 Å². The lowest BCUT2D eigenvalue weighted by Crippen LogP contribution is -1.99. The van der Waals surface area contributed by atoms with Crippen LogP contribution < -0.4 is 4.74 Å². The minimum atomic E-state index is -0.447. The number of hydrogen-bond acceptors (Lipinski definition) is 4. The maximum absolute atomic E-state index is 10.9. The molecule has 2 aromatic rings. The van der Waals surface area contributed by atoms with Gasteiger partial charge in [-0.25, -0.2) is 4.98 Å². The third-order valence-electron chi connectivity index (χ3n) is 2.63. The normalized spacial score (nSPS) is 10.1. The molecule has 0 saturated heterocycles. The number of benzene rings is 1. The molecular weight excluding hydrogens is 244 g/mol. The van der Waals surface area contributed by atoms with Gasteiger partial charge in [-0.3, -0.25) is 10.1 Å². The number of nitro groups is 1. The Kier molecular flexibility index (Phi) is 3.94. The molecule has 0 atom stereocenters. The van der Waals surface area contributed by atoms with E-state index in [2.05, 4.69) is 10.9 Å². The zero-order valence-corrected chi connectivity index (χ0v) is 10.2. The van der Waals surface area contributed by atoms with Gasteiger partial charge in [0.1, 0.15) is 5.75 Å². The Morgan fingerprint density at radius 3 is 3.00 bits per heavy atom. The minimum Gasteiger partial charge on any atom is -0.493 e. The lowest BCUT2D eigenvalue weighted by atomic mass is 10.1. The van der Waals surface area contributed by atoms with Crippen LogP contribution in [0.1, 0.15) is 12.8 Å². The summed E-state index contributed by atoms with van der Waals surface area (Å²) in [6.07, 6.45) is 8.07. The molecule has 5 heteroatoms. The van der Waals surface area contributed by atoms with Crippen LogP contribution in [0.25, 0.3) is 10.9 Å². The topological polar surface area (TPSA) is 65.3 Å². The van der Waals surface area contributed by atoms with Crippen LogP contribution in [-0.4, -0.2) is 16.5 Å². The average molecular weight is 256 g/mol. The van der Waals surface area contributed by atoms with E-state index in [1.807, 2.05) is 0 Å². The molecule has 0 aliphatic carbocycles. The first-order valence-electron chi connectivity index (χ1n) is 5.82. The van der Waals surface area contributed by atoms with E-state index in [4.69, 9.17) is 11.2 Å². The Morgan fingerprint density at radius 2 is 2.26 bits per heavy atom. The summed E-state index contributed by atoms with van der Waals surface area (Å²) in [6.45, 7) is 0.478. The summed E-state index contributed by atoms with van der Waals surface area (Å²) in [5, 5.41) is 11.6. The van der Waals surface area contributed by atoms with Crippen molar-refractivity contribution in [2.24, 2.45) is 0 Å². The van der Waals surface area contributed by atoms with Gasteiger partial charge >= 0.3 is 0 Å². The summed E-state index contributed by atoms with van der Waals surface area (Å²) in [6, 6.07) is 6.48. The number of rotatable bonds is 5. The second-order valence-electron chi connectivity index (χ2n) is 3.90. The number of unbranched alkanes of at least 4 members (excludes halogenated alkanes) is 1. The van der Waals surface area contributed by atoms with Crippen molar-refractivity contribution in [3.8, 4) is 18.1 Å². The van der Waals surface area contributed by atoms with Crippen LogP contribution in [0.15, 0.2) is 30.5 Å². The number of pyridine rings is 1. The van der Waals surface area contributed by atoms with Crippen molar-refractivity contribution in [3.05, 3.63) is 40.6 Å². The first kappa shape index (κ1) is 12.8. The smallest absolute Gasteiger partial charge is 0.295 e. The summed E-state index contributed by atoms with van der Waals surface area (Å²) < 4.78 is 5.60. The number of terminal acetylenes is 1. The van der Waals surface area contributed by atoms with Crippen LogP contribution in [0, 0.1) is 22.5 Å². The number of hydrogen-bond donors (Lipinski definition) is 0. The number of ether oxygens (including phenoxy) is 1. The largest absolute Gasteiger partial charge is 0.493 e. The number of fused-ring (bicyclic) bond motifs is 1. The Balaban J connectivity index is 2.33. The highest BCUT2D eigenvalue weighted by Crippen LogP contribution is 2.31. The van der Waals surface area contributed by atoms with E-state index in [9.17, 15) is 10.1 Å². The first-order valence-corrected chi connectivity index (χ1v) is 5.82. The van der Waals surface area contributed by atoms with Crippen LogP contribution in [0.4, 0.5) is 5.69 Å². The van der Waals surface area contributed by atoms with Crippen LogP contribution in [0.2, 0.25) is 0 Å². The van der Waals surface area contributed by atoms with Gasteiger partial charge in [-0.1, -0.05) is 0 Å². The predicted molar refractivity (Wildman–Crippen MR) is 72.0 cm³/mol. The quantitative estimate of drug-likeness (QED) is 0.357. The molecule has 1 aromatic heterocycles. The minimum absolute atomic E-state index is 0.0217. The molecule has 2 rings (SSSR count). The van der Waals surface area contributed by atoms with Crippen molar-refractivity contribution in [2.45, 2.75) is 12.8 Å². The van der Waals surface area contributed by atoms with E-state index in [0.717, 1.165) is 6.42 Å². The molecule has 0 amide bonds. The fraction of sp³-hybridized carbons (Fsp3) is 0.214. The highest BCUT2D eigenvalue weighted by atomic mass is 16.6. The summed E-state index contributed by atoms with van der Waals surface area (Å²) in [7, 11) is 0. The summed E-state index contributed by atoms with van der Waals surface area (Å²) in [4.78, 5) is 14.5. The molecule has 0 N–H and O–H groups in total. The van der Waals surface area contributed by atoms with Crippen molar-refractivity contribution >= 4 is 16.6 Å². The van der Waals surface area contributed by atoms with Gasteiger partial charge in [0, 0.05) is 24.1 Å². The predicted octanol–water partition coefficient (Wildman–Crippen LogP) is 2.94. The van der Waals surface area contributed by atoms with Crippen molar-refractivity contribution < 1.29 is 9.66 Å². The molecule has 0 saturated carbocycles. The van der Waals surface area contributed by atoms with Gasteiger partial charge in [-0.2, -0.15) is 0 Å². The van der Waals surface area contributed by atoms with Crippen LogP contribution in [-0.2, 0) is 0 Å². The summed E-state index contributed by atoms with van der Waals surface area (Å²) in [5.74, 6) is 3.12. The molecule has 0 spiro atoms. The van der Waals surface area contributed by atoms with Crippen molar-refractivity contribution in [1.29, 1.82) is 0 Å². The van der Waals surface area contributed by atoms with Gasteiger partial charge in [0.2, 0.25) is 0 Å². The molecule has 0 aliphatic rings. The standard InChI is InChI=1S/C14H12N2O3/c1-2-3-4-10-19-13-8-7-12(16(17)18)14-11(13)6-5-9-15-14/h1,5-9H,3-4,10H2. The maximum Gasteiger partial charge on any atom is 0.295 e. The number of aromatic nitrogens is 1. The lowest BCUT2D eigenvalue weighted by Gasteiger charge is -2.08. The molecule has 96 valence electrons. The number of nitrogens with zero attached hydrogens (tertiary/aromatic N) is 2. The highest BCUT2D eigenvalue weighted by molar-refractivity contribution is 5.91. The Hall–Kier alpha value is -2.61. The monoisotopic (exact) mass is 256 g/mol. The van der Waals surface area contributed by atoms with E-state index in [1.54, 1.807) is 18.2 Å². The molecule has 0 bridgehead atoms. The Bertz CT molecular complexity index is 647. The van der Waals surface area contributed by atoms with Gasteiger partial charge in [0.05, 0.1) is 11.5 Å². The van der Waals surface area contributed by atoms with E-state index in [1.165, 1.54) is 12.3 Å². The fourth-order valence-corrected chi connectivity index (χ4v) is 1.76. The SMILES string of the molecule is C#CCCCOc1ccc([N+](=O)[O-])c2ncccc12. The average Bonchev–Trinajstić information content (AvgIpc) is 2.43. The summed E-state index contributed by atoms with van der Waals surface area (Å²) in [5.41, 5.74) is 0.313. The molecule has 1 heterocycles. The zero-order chi connectivity index (χ0) is 13.7. The van der Waals surface area contributed by atoms with Crippen molar-refractivity contribution in [3.63, 3.8) is 0 Å². The molecule has 19 heavy (non-hydrogen) atoms. The van der Waals surface area contributed by atoms with E-state index in [0.29, 0.717) is 29.7 Å². The third-order valence-corrected chi connectivity index (χ3v) is 2.63. The molecule has 0 unspecified atom stereocenters. The molecule has 1 aromatic carbocycles. The van der Waals surface area contributed by atoms with E-state index in [-0.39, 0.29) is 5.69 Å². The molecule has 0 aliphatic heterocycles. The van der Waals surface area contributed by atoms with Crippen molar-refractivity contribution in [1.82, 2.24) is 4.98 Å². The van der Waals surface area contributed by atoms with E-state index >= 15 is 0 Å². The van der Waals surface area contributed by atoms with Crippen LogP contribution in [0.3, 0.4) is 0 Å². The lowest BCUT2D eigenvalue weighted by molar-refractivity contribution is -0.383. The Labute approximate surface area is 110 Å². The summed E-state index contributed by atoms with van der Waals surface area (Å²) >= 11 is 0. The maximum atomic E-state index is 10.9. The molecule has 0 fully saturated rings. The van der Waals surface area contributed by atoms with Gasteiger partial charge in [-0.15, -0.1) is 12.3 Å². The van der Waals surface area contributed by atoms with Gasteiger partial charge in [0.15, 0.2) is 5.52 Å². The van der Waals surface area contributed by atoms with E-state index < -0.39 is 4.92 Å². The highest BCUT2D eigenvalue weighted by Gasteiger charge is 2.15. The second kappa shape index (κ2) is 5.83. The molecule has 0 radical (unpaired) electrons. The fourth-order valence-electron chi connectivity index (χ4n) is 1.76. The first-order chi connectivity index (χ1) is 9.24. The van der Waals surface area contributed by atoms with Gasteiger partial charge in [-0.05, 0) is 24.6 Å². The molecule has 5 nitrogen and oxygen atoms in total. The third kappa shape index (κ3) is 2.80. The Morgan fingerprint density at radius 1 is 1.42 bits per heavy atom. The zero-order valence-electron chi connectivity index (χ0n) is 10.2. The number of non-ortho nitro benzene ring substituents is 1. The van der Waals surface area contributed by atoms with Crippen molar-refractivity contribution in [2.75, 3.05) is 6.61 Å². The molecular formula is C14H12N2O3. The number of nitro benzene ring substituents is 1. The van der Waals surface area contributed by atoms with Crippen LogP contribution >= 0.6 is 0 Å². The second-order valence-corrected chi connectivity index (χ2v) is 3.90. The van der Waals surface area contributed by atoms with Gasteiger partial charge in [0.25, 0.3) is 5.69 Å². The van der Waals surface area contributed by atoms with Crippen LogP contribution in [0.5, 0.6) is 5.75 Å².